The highest BCUT2D eigenvalue weighted by Crippen LogP contribution is 2.22. The maximum atomic E-state index is 12.0. The van der Waals surface area contributed by atoms with Crippen molar-refractivity contribution in [2.45, 2.75) is 12.1 Å². The lowest BCUT2D eigenvalue weighted by Gasteiger charge is -2.04. The first-order valence-electron chi connectivity index (χ1n) is 7.20. The van der Waals surface area contributed by atoms with Crippen molar-refractivity contribution in [3.8, 4) is 0 Å². The molecule has 3 rings (SSSR count). The molecule has 0 aliphatic rings. The van der Waals surface area contributed by atoms with Crippen molar-refractivity contribution < 1.29 is 9.59 Å². The number of thioether (sulfide) groups is 1. The zero-order valence-electron chi connectivity index (χ0n) is 12.8. The Kier molecular flexibility index (Phi) is 4.87. The highest BCUT2D eigenvalue weighted by molar-refractivity contribution is 7.99. The number of benzene rings is 2. The van der Waals surface area contributed by atoms with E-state index in [1.54, 1.807) is 36.4 Å². The molecule has 0 radical (unpaired) electrons. The first-order valence-corrected chi connectivity index (χ1v) is 8.56. The lowest BCUT2D eigenvalue weighted by Crippen LogP contribution is -2.14. The van der Waals surface area contributed by atoms with Gasteiger partial charge in [0.25, 0.3) is 0 Å². The Morgan fingerprint density at radius 3 is 2.67 bits per heavy atom. The number of hydrogen-bond donors (Lipinski definition) is 2. The van der Waals surface area contributed by atoms with Gasteiger partial charge >= 0.3 is 0 Å². The van der Waals surface area contributed by atoms with Crippen LogP contribution >= 0.6 is 23.4 Å². The van der Waals surface area contributed by atoms with Crippen molar-refractivity contribution >= 4 is 51.8 Å². The Morgan fingerprint density at radius 2 is 1.96 bits per heavy atom. The van der Waals surface area contributed by atoms with Gasteiger partial charge in [0, 0.05) is 16.3 Å². The van der Waals surface area contributed by atoms with Gasteiger partial charge in [0.15, 0.2) is 10.9 Å². The molecular weight excluding hydrogens is 346 g/mol. The van der Waals surface area contributed by atoms with Crippen molar-refractivity contribution in [1.29, 1.82) is 0 Å². The van der Waals surface area contributed by atoms with E-state index in [9.17, 15) is 9.59 Å². The van der Waals surface area contributed by atoms with Crippen LogP contribution in [0.4, 0.5) is 5.69 Å². The fraction of sp³-hybridized carbons (Fsp3) is 0.118. The van der Waals surface area contributed by atoms with Crippen LogP contribution in [0.25, 0.3) is 11.0 Å². The first kappa shape index (κ1) is 16.5. The number of aromatic amines is 1. The highest BCUT2D eigenvalue weighted by Gasteiger charge is 2.08. The van der Waals surface area contributed by atoms with Crippen LogP contribution < -0.4 is 5.32 Å². The third-order valence-corrected chi connectivity index (χ3v) is 4.45. The monoisotopic (exact) mass is 359 g/mol. The number of carbonyl (C=O) groups excluding carboxylic acids is 2. The molecule has 1 heterocycles. The Morgan fingerprint density at radius 1 is 1.21 bits per heavy atom. The zero-order valence-corrected chi connectivity index (χ0v) is 14.4. The molecule has 1 amide bonds. The van der Waals surface area contributed by atoms with Gasteiger partial charge in [0.05, 0.1) is 16.8 Å². The quantitative estimate of drug-likeness (QED) is 0.530. The molecule has 2 N–H and O–H groups in total. The van der Waals surface area contributed by atoms with Gasteiger partial charge in [-0.1, -0.05) is 23.4 Å². The maximum absolute atomic E-state index is 12.0. The van der Waals surface area contributed by atoms with E-state index < -0.39 is 0 Å². The zero-order chi connectivity index (χ0) is 17.1. The summed E-state index contributed by atoms with van der Waals surface area (Å²) in [6.45, 7) is 1.50. The minimum Gasteiger partial charge on any atom is -0.333 e. The van der Waals surface area contributed by atoms with Crippen LogP contribution in [-0.4, -0.2) is 27.4 Å². The van der Waals surface area contributed by atoms with Crippen LogP contribution in [0.1, 0.15) is 17.3 Å². The maximum Gasteiger partial charge on any atom is 0.234 e. The Bertz CT molecular complexity index is 906. The van der Waals surface area contributed by atoms with Crippen molar-refractivity contribution in [2.75, 3.05) is 11.1 Å². The predicted octanol–water partition coefficient (Wildman–Crippen LogP) is 4.15. The molecule has 24 heavy (non-hydrogen) atoms. The second-order valence-corrected chi connectivity index (χ2v) is 6.57. The number of carbonyl (C=O) groups is 2. The molecule has 0 spiro atoms. The average molecular weight is 360 g/mol. The topological polar surface area (TPSA) is 74.8 Å². The lowest BCUT2D eigenvalue weighted by atomic mass is 10.1. The third-order valence-electron chi connectivity index (χ3n) is 3.34. The van der Waals surface area contributed by atoms with E-state index in [4.69, 9.17) is 11.6 Å². The number of fused-ring (bicyclic) bond motifs is 1. The van der Waals surface area contributed by atoms with Crippen LogP contribution in [0, 0.1) is 0 Å². The molecule has 5 nitrogen and oxygen atoms in total. The molecule has 0 saturated carbocycles. The molecule has 0 aliphatic carbocycles. The average Bonchev–Trinajstić information content (AvgIpc) is 2.95. The second kappa shape index (κ2) is 7.07. The molecule has 0 saturated heterocycles. The van der Waals surface area contributed by atoms with Crippen molar-refractivity contribution in [3.05, 3.63) is 53.1 Å². The molecule has 0 fully saturated rings. The number of anilines is 1. The number of amides is 1. The number of nitrogens with one attached hydrogen (secondary N) is 2. The lowest BCUT2D eigenvalue weighted by molar-refractivity contribution is -0.113. The minimum atomic E-state index is -0.144. The molecular formula is C17H14ClN3O2S. The van der Waals surface area contributed by atoms with Crippen LogP contribution in [0.2, 0.25) is 5.02 Å². The van der Waals surface area contributed by atoms with Gasteiger partial charge in [-0.2, -0.15) is 0 Å². The first-order chi connectivity index (χ1) is 11.5. The van der Waals surface area contributed by atoms with Gasteiger partial charge in [-0.05, 0) is 49.4 Å². The standard InChI is InChI=1S/C17H14ClN3O2S/c1-10(22)11-2-5-13(6-3-11)19-16(23)9-24-17-20-14-7-4-12(18)8-15(14)21-17/h2-8H,9H2,1H3,(H,19,23)(H,20,21). The van der Waals surface area contributed by atoms with E-state index in [-0.39, 0.29) is 17.4 Å². The number of aromatic nitrogens is 2. The van der Waals surface area contributed by atoms with Gasteiger partial charge in [-0.25, -0.2) is 4.98 Å². The van der Waals surface area contributed by atoms with Crippen molar-refractivity contribution in [3.63, 3.8) is 0 Å². The summed E-state index contributed by atoms with van der Waals surface area (Å²) in [4.78, 5) is 30.8. The SMILES string of the molecule is CC(=O)c1ccc(NC(=O)CSc2nc3ccc(Cl)cc3[nH]2)cc1. The Balaban J connectivity index is 1.59. The highest BCUT2D eigenvalue weighted by atomic mass is 35.5. The fourth-order valence-electron chi connectivity index (χ4n) is 2.15. The van der Waals surface area contributed by atoms with Crippen molar-refractivity contribution in [2.24, 2.45) is 0 Å². The summed E-state index contributed by atoms with van der Waals surface area (Å²) in [7, 11) is 0. The normalized spacial score (nSPS) is 10.8. The fourth-order valence-corrected chi connectivity index (χ4v) is 3.00. The van der Waals surface area contributed by atoms with Gasteiger partial charge < -0.3 is 10.3 Å². The number of nitrogens with zero attached hydrogens (tertiary/aromatic N) is 1. The molecule has 7 heteroatoms. The number of imidazole rings is 1. The number of ketones is 1. The van der Waals surface area contributed by atoms with Crippen LogP contribution in [0.15, 0.2) is 47.6 Å². The molecule has 0 unspecified atom stereocenters. The van der Waals surface area contributed by atoms with E-state index in [0.717, 1.165) is 11.0 Å². The Hall–Kier alpha value is -2.31. The van der Waals surface area contributed by atoms with Gasteiger partial charge in [0.2, 0.25) is 5.91 Å². The van der Waals surface area contributed by atoms with Crippen LogP contribution in [0.5, 0.6) is 0 Å². The summed E-state index contributed by atoms with van der Waals surface area (Å²) in [5.74, 6) is 0.0737. The summed E-state index contributed by atoms with van der Waals surface area (Å²) in [5, 5.41) is 4.08. The van der Waals surface area contributed by atoms with E-state index in [1.165, 1.54) is 18.7 Å². The molecule has 0 atom stereocenters. The largest absolute Gasteiger partial charge is 0.333 e. The molecule has 0 bridgehead atoms. The molecule has 1 aromatic heterocycles. The predicted molar refractivity (Wildman–Crippen MR) is 96.9 cm³/mol. The van der Waals surface area contributed by atoms with E-state index in [1.807, 2.05) is 6.07 Å². The van der Waals surface area contributed by atoms with Gasteiger partial charge in [-0.3, -0.25) is 9.59 Å². The molecule has 122 valence electrons. The Labute approximate surface area is 147 Å². The summed E-state index contributed by atoms with van der Waals surface area (Å²) in [6, 6.07) is 12.2. The van der Waals surface area contributed by atoms with E-state index >= 15 is 0 Å². The van der Waals surface area contributed by atoms with Crippen molar-refractivity contribution in [1.82, 2.24) is 9.97 Å². The van der Waals surface area contributed by atoms with E-state index in [2.05, 4.69) is 15.3 Å². The third kappa shape index (κ3) is 3.96. The summed E-state index contributed by atoms with van der Waals surface area (Å²) < 4.78 is 0. The number of Topliss-reactive ketones (excluding diaryl/α,β-unsaturated/α-hetero) is 1. The van der Waals surface area contributed by atoms with Crippen LogP contribution in [-0.2, 0) is 4.79 Å². The second-order valence-electron chi connectivity index (χ2n) is 5.17. The summed E-state index contributed by atoms with van der Waals surface area (Å²) >= 11 is 7.25. The number of halogens is 1. The van der Waals surface area contributed by atoms with Crippen LogP contribution in [0.3, 0.4) is 0 Å². The molecule has 0 aliphatic heterocycles. The summed E-state index contributed by atoms with van der Waals surface area (Å²) in [6.07, 6.45) is 0. The van der Waals surface area contributed by atoms with Gasteiger partial charge in [0.1, 0.15) is 0 Å². The number of hydrogen-bond acceptors (Lipinski definition) is 4. The smallest absolute Gasteiger partial charge is 0.234 e. The van der Waals surface area contributed by atoms with Gasteiger partial charge in [-0.15, -0.1) is 0 Å². The molecule has 2 aromatic carbocycles. The summed E-state index contributed by atoms with van der Waals surface area (Å²) in [5.41, 5.74) is 2.91. The minimum absolute atomic E-state index is 0.00609. The number of rotatable bonds is 5. The molecule has 3 aromatic rings. The van der Waals surface area contributed by atoms with E-state index in [0.29, 0.717) is 21.4 Å². The number of H-pyrrole nitrogens is 1.